The van der Waals surface area contributed by atoms with E-state index < -0.39 is 0 Å². The van der Waals surface area contributed by atoms with E-state index >= 15 is 0 Å². The molecule has 1 fully saturated rings. The van der Waals surface area contributed by atoms with Crippen LogP contribution >= 0.6 is 11.3 Å². The van der Waals surface area contributed by atoms with Crippen molar-refractivity contribution in [2.24, 2.45) is 0 Å². The predicted octanol–water partition coefficient (Wildman–Crippen LogP) is 2.53. The molecule has 1 N–H and O–H groups in total. The Hall–Kier alpha value is -0.450. The van der Waals surface area contributed by atoms with Crippen LogP contribution in [0.5, 0.6) is 0 Å². The molecule has 2 unspecified atom stereocenters. The summed E-state index contributed by atoms with van der Waals surface area (Å²) in [6, 6.07) is 0. The molecule has 2 atom stereocenters. The molecular weight excluding hydrogens is 210 g/mol. The molecule has 2 rings (SSSR count). The zero-order valence-corrected chi connectivity index (χ0v) is 9.58. The van der Waals surface area contributed by atoms with Crippen LogP contribution in [0.4, 0.5) is 0 Å². The minimum atomic E-state index is -0.334. The number of rotatable bonds is 5. The number of thiazole rings is 1. The third kappa shape index (κ3) is 3.26. The first-order valence-electron chi connectivity index (χ1n) is 5.54. The van der Waals surface area contributed by atoms with E-state index in [4.69, 9.17) is 4.74 Å². The Labute approximate surface area is 94.1 Å². The van der Waals surface area contributed by atoms with Crippen LogP contribution in [0.2, 0.25) is 0 Å². The maximum absolute atomic E-state index is 9.81. The first kappa shape index (κ1) is 11.0. The van der Waals surface area contributed by atoms with Crippen molar-refractivity contribution >= 4 is 11.3 Å². The smallest absolute Gasteiger partial charge is 0.0898 e. The lowest BCUT2D eigenvalue weighted by Gasteiger charge is -2.11. The van der Waals surface area contributed by atoms with Crippen molar-refractivity contribution in [3.8, 4) is 0 Å². The van der Waals surface area contributed by atoms with E-state index in [1.807, 2.05) is 0 Å². The number of hydrogen-bond acceptors (Lipinski definition) is 4. The molecule has 0 aromatic carbocycles. The molecular formula is C11H17NO2S. The molecule has 0 saturated carbocycles. The summed E-state index contributed by atoms with van der Waals surface area (Å²) in [5.74, 6) is 0. The molecule has 2 heterocycles. The van der Waals surface area contributed by atoms with Crippen molar-refractivity contribution in [3.05, 3.63) is 16.6 Å². The molecule has 0 amide bonds. The Kier molecular flexibility index (Phi) is 4.11. The average Bonchev–Trinajstić information content (AvgIpc) is 2.90. The van der Waals surface area contributed by atoms with Crippen LogP contribution in [0.1, 0.15) is 43.1 Å². The van der Waals surface area contributed by atoms with E-state index in [1.54, 1.807) is 11.7 Å². The van der Waals surface area contributed by atoms with Crippen LogP contribution in [-0.4, -0.2) is 22.8 Å². The molecule has 4 heteroatoms. The second-order valence-corrected chi connectivity index (χ2v) is 4.90. The topological polar surface area (TPSA) is 42.4 Å². The fourth-order valence-corrected chi connectivity index (χ4v) is 2.58. The van der Waals surface area contributed by atoms with Gasteiger partial charge >= 0.3 is 0 Å². The molecule has 1 saturated heterocycles. The molecule has 1 aliphatic heterocycles. The average molecular weight is 227 g/mol. The number of nitrogens with zero attached hydrogens (tertiary/aromatic N) is 1. The number of ether oxygens (including phenoxy) is 1. The number of aliphatic hydroxyl groups excluding tert-OH is 1. The monoisotopic (exact) mass is 227 g/mol. The van der Waals surface area contributed by atoms with Gasteiger partial charge < -0.3 is 9.84 Å². The van der Waals surface area contributed by atoms with Gasteiger partial charge in [-0.2, -0.15) is 0 Å². The standard InChI is InChI=1S/C11H17NO2S/c13-10(11-7-12-8-15-11)5-1-3-9-4-2-6-14-9/h7-10,13H,1-6H2. The van der Waals surface area contributed by atoms with Gasteiger partial charge in [0.1, 0.15) is 0 Å². The SMILES string of the molecule is OC(CCCC1CCCO1)c1cncs1. The molecule has 0 aliphatic carbocycles. The van der Waals surface area contributed by atoms with E-state index in [9.17, 15) is 5.11 Å². The van der Waals surface area contributed by atoms with E-state index in [2.05, 4.69) is 4.98 Å². The van der Waals surface area contributed by atoms with Crippen molar-refractivity contribution in [3.63, 3.8) is 0 Å². The summed E-state index contributed by atoms with van der Waals surface area (Å²) in [4.78, 5) is 4.94. The van der Waals surface area contributed by atoms with Gasteiger partial charge in [0.15, 0.2) is 0 Å². The second-order valence-electron chi connectivity index (χ2n) is 3.99. The molecule has 0 spiro atoms. The van der Waals surface area contributed by atoms with E-state index in [1.165, 1.54) is 24.2 Å². The Morgan fingerprint density at radius 3 is 3.27 bits per heavy atom. The lowest BCUT2D eigenvalue weighted by Crippen LogP contribution is -2.05. The Balaban J connectivity index is 1.65. The highest BCUT2D eigenvalue weighted by molar-refractivity contribution is 7.09. The Bertz CT molecular complexity index is 270. The third-order valence-electron chi connectivity index (χ3n) is 2.81. The number of hydrogen-bond donors (Lipinski definition) is 1. The highest BCUT2D eigenvalue weighted by atomic mass is 32.1. The predicted molar refractivity (Wildman–Crippen MR) is 59.9 cm³/mol. The van der Waals surface area contributed by atoms with Crippen molar-refractivity contribution in [2.75, 3.05) is 6.61 Å². The minimum absolute atomic E-state index is 0.334. The normalized spacial score (nSPS) is 23.1. The van der Waals surface area contributed by atoms with Gasteiger partial charge in [0.2, 0.25) is 0 Å². The molecule has 3 nitrogen and oxygen atoms in total. The van der Waals surface area contributed by atoms with Crippen LogP contribution < -0.4 is 0 Å². The molecule has 0 bridgehead atoms. The van der Waals surface area contributed by atoms with Crippen LogP contribution in [-0.2, 0) is 4.74 Å². The van der Waals surface area contributed by atoms with Gasteiger partial charge in [0, 0.05) is 12.8 Å². The quantitative estimate of drug-likeness (QED) is 0.840. The molecule has 84 valence electrons. The van der Waals surface area contributed by atoms with Gasteiger partial charge in [-0.05, 0) is 32.1 Å². The van der Waals surface area contributed by atoms with Crippen LogP contribution in [0.25, 0.3) is 0 Å². The van der Waals surface area contributed by atoms with Crippen molar-refractivity contribution in [2.45, 2.75) is 44.3 Å². The molecule has 1 aromatic rings. The molecule has 15 heavy (non-hydrogen) atoms. The van der Waals surface area contributed by atoms with Gasteiger partial charge in [0.05, 0.1) is 22.6 Å². The number of aromatic nitrogens is 1. The summed E-state index contributed by atoms with van der Waals surface area (Å²) in [5.41, 5.74) is 1.76. The molecule has 1 aromatic heterocycles. The number of aliphatic hydroxyl groups is 1. The summed E-state index contributed by atoms with van der Waals surface area (Å²) in [6.07, 6.45) is 7.18. The van der Waals surface area contributed by atoms with Gasteiger partial charge in [-0.25, -0.2) is 0 Å². The van der Waals surface area contributed by atoms with E-state index in [0.717, 1.165) is 30.7 Å². The summed E-state index contributed by atoms with van der Waals surface area (Å²) < 4.78 is 5.53. The van der Waals surface area contributed by atoms with E-state index in [0.29, 0.717) is 6.10 Å². The van der Waals surface area contributed by atoms with Crippen molar-refractivity contribution in [1.82, 2.24) is 4.98 Å². The van der Waals surface area contributed by atoms with Gasteiger partial charge in [-0.1, -0.05) is 0 Å². The second kappa shape index (κ2) is 5.58. The third-order valence-corrected chi connectivity index (χ3v) is 3.68. The highest BCUT2D eigenvalue weighted by Crippen LogP contribution is 2.24. The van der Waals surface area contributed by atoms with Crippen LogP contribution in [0.15, 0.2) is 11.7 Å². The largest absolute Gasteiger partial charge is 0.388 e. The highest BCUT2D eigenvalue weighted by Gasteiger charge is 2.16. The van der Waals surface area contributed by atoms with Gasteiger partial charge in [-0.15, -0.1) is 11.3 Å². The van der Waals surface area contributed by atoms with E-state index in [-0.39, 0.29) is 6.10 Å². The lowest BCUT2D eigenvalue weighted by atomic mass is 10.1. The molecule has 0 radical (unpaired) electrons. The maximum atomic E-state index is 9.81. The Morgan fingerprint density at radius 2 is 2.60 bits per heavy atom. The van der Waals surface area contributed by atoms with Gasteiger partial charge in [0.25, 0.3) is 0 Å². The first-order chi connectivity index (χ1) is 7.36. The summed E-state index contributed by atoms with van der Waals surface area (Å²) in [6.45, 7) is 0.919. The zero-order chi connectivity index (χ0) is 10.5. The van der Waals surface area contributed by atoms with Crippen LogP contribution in [0.3, 0.4) is 0 Å². The fourth-order valence-electron chi connectivity index (χ4n) is 1.94. The first-order valence-corrected chi connectivity index (χ1v) is 6.42. The maximum Gasteiger partial charge on any atom is 0.0898 e. The molecule has 1 aliphatic rings. The van der Waals surface area contributed by atoms with Gasteiger partial charge in [-0.3, -0.25) is 4.98 Å². The minimum Gasteiger partial charge on any atom is -0.388 e. The van der Waals surface area contributed by atoms with Crippen LogP contribution in [0, 0.1) is 0 Å². The zero-order valence-electron chi connectivity index (χ0n) is 8.76. The fraction of sp³-hybridized carbons (Fsp3) is 0.727. The summed E-state index contributed by atoms with van der Waals surface area (Å²) in [7, 11) is 0. The lowest BCUT2D eigenvalue weighted by molar-refractivity contribution is 0.0948. The Morgan fingerprint density at radius 1 is 1.67 bits per heavy atom. The van der Waals surface area contributed by atoms with Crippen molar-refractivity contribution < 1.29 is 9.84 Å². The van der Waals surface area contributed by atoms with Crippen molar-refractivity contribution in [1.29, 1.82) is 0 Å². The summed E-state index contributed by atoms with van der Waals surface area (Å²) >= 11 is 1.52. The summed E-state index contributed by atoms with van der Waals surface area (Å²) in [5, 5.41) is 9.81.